The second-order valence-corrected chi connectivity index (χ2v) is 7.02. The van der Waals surface area contributed by atoms with Gasteiger partial charge in [-0.1, -0.05) is 17.7 Å². The summed E-state index contributed by atoms with van der Waals surface area (Å²) in [5.41, 5.74) is 0.813. The van der Waals surface area contributed by atoms with Gasteiger partial charge in [0.1, 0.15) is 0 Å². The lowest BCUT2D eigenvalue weighted by molar-refractivity contribution is -0.780. The SMILES string of the molecule is Cc1ccc(S(=O)(=O)C(=O)Nc2on[n+](C(C)C)c2C=O)cc1. The molecular formula is C14H16N3O5S+. The average molecular weight is 338 g/mol. The fourth-order valence-electron chi connectivity index (χ4n) is 1.83. The first-order chi connectivity index (χ1) is 10.8. The molecule has 1 amide bonds. The average Bonchev–Trinajstić information content (AvgIpc) is 2.90. The molecule has 0 spiro atoms. The monoisotopic (exact) mass is 338 g/mol. The smallest absolute Gasteiger partial charge is 0.291 e. The minimum Gasteiger partial charge on any atom is -0.291 e. The molecule has 2 rings (SSSR count). The molecule has 9 heteroatoms. The number of hydrogen-bond donors (Lipinski definition) is 1. The Labute approximate surface area is 133 Å². The number of rotatable bonds is 4. The standard InChI is InChI=1S/C14H15N3O5S/c1-9(2)17-12(8-18)13(22-16-17)15-14(19)23(20,21)11-6-4-10(3)5-7-11/h4-9H,1-3H3/p+1. The number of carbonyl (C=O) groups excluding carboxylic acids is 2. The molecule has 0 saturated carbocycles. The second kappa shape index (κ2) is 6.29. The van der Waals surface area contributed by atoms with Crippen LogP contribution in [0.3, 0.4) is 0 Å². The van der Waals surface area contributed by atoms with Gasteiger partial charge in [0.25, 0.3) is 9.84 Å². The van der Waals surface area contributed by atoms with E-state index in [1.54, 1.807) is 32.9 Å². The summed E-state index contributed by atoms with van der Waals surface area (Å²) in [6, 6.07) is 5.63. The molecule has 1 heterocycles. The van der Waals surface area contributed by atoms with Gasteiger partial charge in [-0.25, -0.2) is 8.42 Å². The molecule has 8 nitrogen and oxygen atoms in total. The molecular weight excluding hydrogens is 322 g/mol. The largest absolute Gasteiger partial charge is 0.348 e. The summed E-state index contributed by atoms with van der Waals surface area (Å²) in [6.45, 7) is 5.31. The Morgan fingerprint density at radius 1 is 1.30 bits per heavy atom. The molecule has 0 bridgehead atoms. The zero-order chi connectivity index (χ0) is 17.2. The number of nitrogens with one attached hydrogen (secondary N) is 1. The predicted molar refractivity (Wildman–Crippen MR) is 79.9 cm³/mol. The van der Waals surface area contributed by atoms with Gasteiger partial charge in [-0.15, -0.1) is 0 Å². The van der Waals surface area contributed by atoms with E-state index in [-0.39, 0.29) is 22.5 Å². The third-order valence-corrected chi connectivity index (χ3v) is 4.57. The first-order valence-electron chi connectivity index (χ1n) is 6.76. The van der Waals surface area contributed by atoms with Gasteiger partial charge >= 0.3 is 16.8 Å². The highest BCUT2D eigenvalue weighted by Crippen LogP contribution is 2.17. The van der Waals surface area contributed by atoms with Gasteiger partial charge in [0, 0.05) is 13.8 Å². The van der Waals surface area contributed by atoms with Crippen LogP contribution in [0.2, 0.25) is 0 Å². The third kappa shape index (κ3) is 3.29. The van der Waals surface area contributed by atoms with Crippen molar-refractivity contribution in [2.45, 2.75) is 31.7 Å². The molecule has 0 saturated heterocycles. The fraction of sp³-hybridized carbons (Fsp3) is 0.286. The number of aromatic nitrogens is 2. The number of carbonyl (C=O) groups is 2. The number of aryl methyl sites for hydroxylation is 1. The highest BCUT2D eigenvalue weighted by atomic mass is 32.2. The molecule has 0 fully saturated rings. The molecule has 0 aliphatic heterocycles. The summed E-state index contributed by atoms with van der Waals surface area (Å²) < 4.78 is 30.5. The van der Waals surface area contributed by atoms with Crippen LogP contribution in [0.15, 0.2) is 33.7 Å². The van der Waals surface area contributed by atoms with Crippen LogP contribution in [0.5, 0.6) is 0 Å². The Bertz CT molecular complexity index is 838. The molecule has 0 aliphatic rings. The number of nitrogens with zero attached hydrogens (tertiary/aromatic N) is 2. The molecule has 1 aromatic heterocycles. The highest BCUT2D eigenvalue weighted by molar-refractivity contribution is 8.06. The first kappa shape index (κ1) is 16.8. The minimum atomic E-state index is -4.25. The number of anilines is 1. The Kier molecular flexibility index (Phi) is 4.60. The molecule has 2 aromatic rings. The molecule has 0 radical (unpaired) electrons. The van der Waals surface area contributed by atoms with Crippen LogP contribution >= 0.6 is 0 Å². The van der Waals surface area contributed by atoms with Gasteiger partial charge in [-0.2, -0.15) is 0 Å². The van der Waals surface area contributed by atoms with Crippen molar-refractivity contribution in [3.8, 4) is 0 Å². The maximum absolute atomic E-state index is 12.2. The Hall–Kier alpha value is -2.55. The molecule has 0 atom stereocenters. The number of amides is 1. The van der Waals surface area contributed by atoms with E-state index in [1.807, 2.05) is 0 Å². The van der Waals surface area contributed by atoms with Crippen LogP contribution in [0.4, 0.5) is 10.7 Å². The van der Waals surface area contributed by atoms with Crippen LogP contribution in [0.1, 0.15) is 35.9 Å². The number of aldehydes is 1. The zero-order valence-corrected chi connectivity index (χ0v) is 13.6. The van der Waals surface area contributed by atoms with Crippen molar-refractivity contribution < 1.29 is 27.2 Å². The van der Waals surface area contributed by atoms with E-state index in [4.69, 9.17) is 4.52 Å². The Balaban J connectivity index is 2.32. The van der Waals surface area contributed by atoms with Crippen molar-refractivity contribution in [2.24, 2.45) is 0 Å². The van der Waals surface area contributed by atoms with Crippen molar-refractivity contribution in [3.63, 3.8) is 0 Å². The number of sulfone groups is 1. The third-order valence-electron chi connectivity index (χ3n) is 3.09. The number of benzene rings is 1. The van der Waals surface area contributed by atoms with E-state index in [0.29, 0.717) is 6.29 Å². The highest BCUT2D eigenvalue weighted by Gasteiger charge is 2.32. The summed E-state index contributed by atoms with van der Waals surface area (Å²) in [7, 11) is -4.25. The van der Waals surface area contributed by atoms with Crippen LogP contribution in [-0.4, -0.2) is 25.2 Å². The van der Waals surface area contributed by atoms with Gasteiger partial charge in [-0.3, -0.25) is 19.4 Å². The van der Waals surface area contributed by atoms with Gasteiger partial charge in [0.05, 0.1) is 4.90 Å². The lowest BCUT2D eigenvalue weighted by atomic mass is 10.2. The maximum atomic E-state index is 12.2. The Morgan fingerprint density at radius 3 is 2.43 bits per heavy atom. The molecule has 0 aliphatic carbocycles. The van der Waals surface area contributed by atoms with E-state index in [2.05, 4.69) is 10.6 Å². The van der Waals surface area contributed by atoms with Crippen LogP contribution < -0.4 is 10.00 Å². The fourth-order valence-corrected chi connectivity index (χ4v) is 2.77. The molecule has 1 aromatic carbocycles. The van der Waals surface area contributed by atoms with E-state index < -0.39 is 15.1 Å². The topological polar surface area (TPSA) is 110 Å². The van der Waals surface area contributed by atoms with Crippen molar-refractivity contribution in [1.29, 1.82) is 0 Å². The van der Waals surface area contributed by atoms with Crippen LogP contribution in [-0.2, 0) is 9.84 Å². The van der Waals surface area contributed by atoms with Gasteiger partial charge in [0.2, 0.25) is 11.6 Å². The maximum Gasteiger partial charge on any atom is 0.348 e. The van der Waals surface area contributed by atoms with E-state index in [1.165, 1.54) is 16.8 Å². The Morgan fingerprint density at radius 2 is 1.91 bits per heavy atom. The summed E-state index contributed by atoms with van der Waals surface area (Å²) in [5.74, 6) is -0.311. The minimum absolute atomic E-state index is 0.0487. The molecule has 23 heavy (non-hydrogen) atoms. The lowest BCUT2D eigenvalue weighted by Crippen LogP contribution is -2.41. The zero-order valence-electron chi connectivity index (χ0n) is 12.8. The van der Waals surface area contributed by atoms with E-state index in [9.17, 15) is 18.0 Å². The normalized spacial score (nSPS) is 11.5. The van der Waals surface area contributed by atoms with Gasteiger partial charge < -0.3 is 0 Å². The molecule has 0 unspecified atom stereocenters. The van der Waals surface area contributed by atoms with Gasteiger partial charge in [0.15, 0.2) is 6.04 Å². The van der Waals surface area contributed by atoms with Crippen LogP contribution in [0, 0.1) is 6.92 Å². The van der Waals surface area contributed by atoms with E-state index in [0.717, 1.165) is 5.56 Å². The molecule has 122 valence electrons. The lowest BCUT2D eigenvalue weighted by Gasteiger charge is -2.03. The number of hydrogen-bond acceptors (Lipinski definition) is 6. The predicted octanol–water partition coefficient (Wildman–Crippen LogP) is 1.67. The van der Waals surface area contributed by atoms with Crippen molar-refractivity contribution >= 4 is 27.2 Å². The summed E-state index contributed by atoms with van der Waals surface area (Å²) in [6.07, 6.45) is 0.435. The van der Waals surface area contributed by atoms with Crippen molar-refractivity contribution in [3.05, 3.63) is 35.5 Å². The summed E-state index contributed by atoms with van der Waals surface area (Å²) >= 11 is 0. The van der Waals surface area contributed by atoms with E-state index >= 15 is 0 Å². The second-order valence-electron chi connectivity index (χ2n) is 5.17. The van der Waals surface area contributed by atoms with Gasteiger partial charge in [-0.05, 0) is 23.7 Å². The summed E-state index contributed by atoms with van der Waals surface area (Å²) in [5, 5.41) is 4.39. The van der Waals surface area contributed by atoms with Crippen molar-refractivity contribution in [2.75, 3.05) is 5.32 Å². The van der Waals surface area contributed by atoms with Crippen LogP contribution in [0.25, 0.3) is 0 Å². The quantitative estimate of drug-likeness (QED) is 0.670. The summed E-state index contributed by atoms with van der Waals surface area (Å²) in [4.78, 5) is 23.0. The first-order valence-corrected chi connectivity index (χ1v) is 8.25. The molecule has 1 N–H and O–H groups in total. The van der Waals surface area contributed by atoms with Crippen molar-refractivity contribution in [1.82, 2.24) is 5.27 Å².